The minimum absolute atomic E-state index is 0.197. The number of aldehydes is 1. The molecule has 2 aliphatic rings. The number of hydrogen-bond donors (Lipinski definition) is 0. The van der Waals surface area contributed by atoms with Gasteiger partial charge in [-0.05, 0) is 69.4 Å². The number of benzene rings is 2. The Hall–Kier alpha value is -2.27. The Morgan fingerprint density at radius 2 is 1.81 bits per heavy atom. The van der Waals surface area contributed by atoms with E-state index in [4.69, 9.17) is 4.98 Å². The molecular weight excluding hydrogens is 414 g/mol. The zero-order valence-electron chi connectivity index (χ0n) is 19.3. The van der Waals surface area contributed by atoms with Crippen molar-refractivity contribution in [1.82, 2.24) is 9.55 Å². The van der Waals surface area contributed by atoms with Crippen molar-refractivity contribution in [1.29, 1.82) is 0 Å². The summed E-state index contributed by atoms with van der Waals surface area (Å²) in [6.45, 7) is 2.31. The number of aryl methyl sites for hydroxylation is 1. The lowest BCUT2D eigenvalue weighted by atomic mass is 9.86. The maximum absolute atomic E-state index is 11.4. The molecule has 5 heteroatoms. The topological polar surface area (TPSA) is 38.1 Å². The van der Waals surface area contributed by atoms with Crippen LogP contribution in [0.3, 0.4) is 0 Å². The van der Waals surface area contributed by atoms with Crippen LogP contribution in [0.25, 0.3) is 11.0 Å². The second kappa shape index (κ2) is 8.93. The Labute approximate surface area is 195 Å². The van der Waals surface area contributed by atoms with Crippen LogP contribution >= 0.6 is 11.8 Å². The van der Waals surface area contributed by atoms with E-state index in [-0.39, 0.29) is 11.2 Å². The number of imidazole rings is 1. The third kappa shape index (κ3) is 3.64. The molecule has 1 aliphatic carbocycles. The molecule has 0 spiro atoms. The molecule has 1 fully saturated rings. The van der Waals surface area contributed by atoms with Crippen LogP contribution in [0.15, 0.2) is 42.5 Å². The lowest BCUT2D eigenvalue weighted by Gasteiger charge is -2.34. The molecule has 168 valence electrons. The van der Waals surface area contributed by atoms with E-state index >= 15 is 0 Å². The highest BCUT2D eigenvalue weighted by atomic mass is 32.2. The highest BCUT2D eigenvalue weighted by molar-refractivity contribution is 7.99. The molecule has 0 bridgehead atoms. The number of aromatic nitrogens is 2. The molecule has 2 atom stereocenters. The van der Waals surface area contributed by atoms with Crippen molar-refractivity contribution in [2.24, 2.45) is 5.92 Å². The second-order valence-electron chi connectivity index (χ2n) is 9.50. The lowest BCUT2D eigenvalue weighted by Crippen LogP contribution is -2.33. The van der Waals surface area contributed by atoms with Crippen LogP contribution in [-0.4, -0.2) is 35.2 Å². The van der Waals surface area contributed by atoms with E-state index in [9.17, 15) is 4.79 Å². The quantitative estimate of drug-likeness (QED) is 0.437. The van der Waals surface area contributed by atoms with Gasteiger partial charge >= 0.3 is 0 Å². The number of nitrogens with zero attached hydrogens (tertiary/aromatic N) is 3. The fourth-order valence-electron chi connectivity index (χ4n) is 5.67. The Bertz CT molecular complexity index is 1100. The number of anilines is 1. The number of fused-ring (bicyclic) bond motifs is 3. The molecule has 4 nitrogen and oxygen atoms in total. The summed E-state index contributed by atoms with van der Waals surface area (Å²) in [5.41, 5.74) is 6.49. The van der Waals surface area contributed by atoms with Gasteiger partial charge in [-0.1, -0.05) is 30.3 Å². The summed E-state index contributed by atoms with van der Waals surface area (Å²) in [7, 11) is 2.21. The molecule has 5 rings (SSSR count). The SMILES string of the molecule is CSC(c1ccccc1)c1nc2c3c(ccc2n1C1CCC(C=O)CC1)N(C)C(C)CC3. The third-order valence-corrected chi connectivity index (χ3v) is 8.65. The monoisotopic (exact) mass is 447 g/mol. The fraction of sp³-hybridized carbons (Fsp3) is 0.481. The Morgan fingerprint density at radius 1 is 1.06 bits per heavy atom. The summed E-state index contributed by atoms with van der Waals surface area (Å²) in [5, 5.41) is 0.197. The Morgan fingerprint density at radius 3 is 2.50 bits per heavy atom. The van der Waals surface area contributed by atoms with Crippen LogP contribution in [0.1, 0.15) is 67.3 Å². The largest absolute Gasteiger partial charge is 0.372 e. The van der Waals surface area contributed by atoms with Crippen molar-refractivity contribution < 1.29 is 4.79 Å². The van der Waals surface area contributed by atoms with Gasteiger partial charge in [-0.25, -0.2) is 4.98 Å². The molecule has 1 saturated carbocycles. The molecule has 3 aromatic rings. The van der Waals surface area contributed by atoms with Crippen molar-refractivity contribution in [2.45, 2.75) is 62.8 Å². The van der Waals surface area contributed by atoms with Crippen LogP contribution < -0.4 is 4.90 Å². The minimum Gasteiger partial charge on any atom is -0.372 e. The standard InChI is InChI=1S/C27H33N3OS/c1-18-9-14-22-23(29(18)2)15-16-24-25(22)28-27(26(32-3)20-7-5-4-6-8-20)30(24)21-12-10-19(17-31)11-13-21/h4-8,15-19,21,26H,9-14H2,1-3H3. The molecule has 0 saturated heterocycles. The smallest absolute Gasteiger partial charge is 0.127 e. The van der Waals surface area contributed by atoms with Gasteiger partial charge in [0.1, 0.15) is 12.1 Å². The van der Waals surface area contributed by atoms with Gasteiger partial charge in [-0.3, -0.25) is 0 Å². The highest BCUT2D eigenvalue weighted by Gasteiger charge is 2.31. The molecule has 2 unspecified atom stereocenters. The maximum Gasteiger partial charge on any atom is 0.127 e. The molecule has 32 heavy (non-hydrogen) atoms. The van der Waals surface area contributed by atoms with Crippen LogP contribution in [0.5, 0.6) is 0 Å². The maximum atomic E-state index is 11.4. The summed E-state index contributed by atoms with van der Waals surface area (Å²) >= 11 is 1.86. The number of thioether (sulfide) groups is 1. The Kier molecular flexibility index (Phi) is 6.02. The van der Waals surface area contributed by atoms with E-state index in [1.807, 2.05) is 11.8 Å². The summed E-state index contributed by atoms with van der Waals surface area (Å²) < 4.78 is 2.54. The van der Waals surface area contributed by atoms with E-state index in [0.29, 0.717) is 12.1 Å². The van der Waals surface area contributed by atoms with Crippen molar-refractivity contribution in [3.8, 4) is 0 Å². The van der Waals surface area contributed by atoms with Gasteiger partial charge < -0.3 is 14.3 Å². The zero-order valence-corrected chi connectivity index (χ0v) is 20.1. The number of rotatable bonds is 5. The van der Waals surface area contributed by atoms with Crippen molar-refractivity contribution >= 4 is 34.8 Å². The summed E-state index contributed by atoms with van der Waals surface area (Å²) in [5.74, 6) is 1.39. The predicted octanol–water partition coefficient (Wildman–Crippen LogP) is 6.19. The fourth-order valence-corrected chi connectivity index (χ4v) is 6.47. The summed E-state index contributed by atoms with van der Waals surface area (Å²) in [6, 6.07) is 16.3. The van der Waals surface area contributed by atoms with Gasteiger partial charge in [-0.15, -0.1) is 11.8 Å². The molecule has 0 N–H and O–H groups in total. The van der Waals surface area contributed by atoms with Gasteiger partial charge in [-0.2, -0.15) is 0 Å². The summed E-state index contributed by atoms with van der Waals surface area (Å²) in [6.07, 6.45) is 9.65. The first-order chi connectivity index (χ1) is 15.6. The lowest BCUT2D eigenvalue weighted by molar-refractivity contribution is -0.112. The van der Waals surface area contributed by atoms with Gasteiger partial charge in [0.25, 0.3) is 0 Å². The van der Waals surface area contributed by atoms with Gasteiger partial charge in [0.05, 0.1) is 16.3 Å². The first-order valence-electron chi connectivity index (χ1n) is 11.9. The first-order valence-corrected chi connectivity index (χ1v) is 13.2. The Balaban J connectivity index is 1.68. The molecule has 0 radical (unpaired) electrons. The average Bonchev–Trinajstić information content (AvgIpc) is 3.22. The average molecular weight is 448 g/mol. The van der Waals surface area contributed by atoms with E-state index < -0.39 is 0 Å². The van der Waals surface area contributed by atoms with Crippen molar-refractivity contribution in [3.63, 3.8) is 0 Å². The van der Waals surface area contributed by atoms with Crippen molar-refractivity contribution in [3.05, 3.63) is 59.4 Å². The zero-order chi connectivity index (χ0) is 22.2. The normalized spacial score (nSPS) is 24.3. The second-order valence-corrected chi connectivity index (χ2v) is 10.4. The molecule has 2 aromatic carbocycles. The van der Waals surface area contributed by atoms with Crippen LogP contribution in [0.2, 0.25) is 0 Å². The number of carbonyl (C=O) groups excluding carboxylic acids is 1. The van der Waals surface area contributed by atoms with Crippen LogP contribution in [0.4, 0.5) is 5.69 Å². The highest BCUT2D eigenvalue weighted by Crippen LogP contribution is 2.43. The molecule has 1 aromatic heterocycles. The van der Waals surface area contributed by atoms with E-state index in [1.165, 1.54) is 40.1 Å². The predicted molar refractivity (Wildman–Crippen MR) is 135 cm³/mol. The van der Waals surface area contributed by atoms with Gasteiger partial charge in [0, 0.05) is 36.3 Å². The molecule has 0 amide bonds. The molecule has 1 aliphatic heterocycles. The molecule has 2 heterocycles. The number of carbonyl (C=O) groups is 1. The number of hydrogen-bond acceptors (Lipinski definition) is 4. The van der Waals surface area contributed by atoms with Gasteiger partial charge in [0.15, 0.2) is 0 Å². The van der Waals surface area contributed by atoms with E-state index in [1.54, 1.807) is 0 Å². The van der Waals surface area contributed by atoms with Crippen LogP contribution in [0, 0.1) is 5.92 Å². The van der Waals surface area contributed by atoms with E-state index in [2.05, 4.69) is 72.2 Å². The van der Waals surface area contributed by atoms with Gasteiger partial charge in [0.2, 0.25) is 0 Å². The van der Waals surface area contributed by atoms with Crippen LogP contribution in [-0.2, 0) is 11.2 Å². The summed E-state index contributed by atoms with van der Waals surface area (Å²) in [4.78, 5) is 19.2. The van der Waals surface area contributed by atoms with Crippen molar-refractivity contribution in [2.75, 3.05) is 18.2 Å². The third-order valence-electron chi connectivity index (χ3n) is 7.69. The first kappa shape index (κ1) is 21.6. The van der Waals surface area contributed by atoms with E-state index in [0.717, 1.165) is 38.4 Å². The minimum atomic E-state index is 0.197. The molecular formula is C27H33N3OS.